The SMILES string of the molecule is Cc1[nH]ncc1S(=O)(=O)N(C)CCCCCCl. The normalized spacial score (nSPS) is 12.2. The minimum atomic E-state index is -3.41. The Balaban J connectivity index is 2.62. The standard InChI is InChI=1S/C10H18ClN3O2S/c1-9-10(8-12-13-9)17(15,16)14(2)7-5-3-4-6-11/h8H,3-7H2,1-2H3,(H,12,13). The maximum Gasteiger partial charge on any atom is 0.246 e. The van der Waals surface area contributed by atoms with Gasteiger partial charge in [0.05, 0.1) is 11.9 Å². The van der Waals surface area contributed by atoms with Crippen LogP contribution in [0.25, 0.3) is 0 Å². The second-order valence-corrected chi connectivity index (χ2v) is 6.33. The van der Waals surface area contributed by atoms with E-state index in [2.05, 4.69) is 10.2 Å². The van der Waals surface area contributed by atoms with Gasteiger partial charge >= 0.3 is 0 Å². The van der Waals surface area contributed by atoms with Crippen molar-refractivity contribution in [3.63, 3.8) is 0 Å². The highest BCUT2D eigenvalue weighted by atomic mass is 35.5. The molecule has 1 aromatic rings. The van der Waals surface area contributed by atoms with E-state index in [-0.39, 0.29) is 4.90 Å². The predicted octanol–water partition coefficient (Wildman–Crippen LogP) is 1.75. The van der Waals surface area contributed by atoms with Crippen molar-refractivity contribution in [1.29, 1.82) is 0 Å². The van der Waals surface area contributed by atoms with E-state index >= 15 is 0 Å². The molecular formula is C10H18ClN3O2S. The van der Waals surface area contributed by atoms with Crippen molar-refractivity contribution >= 4 is 21.6 Å². The number of aromatic amines is 1. The summed E-state index contributed by atoms with van der Waals surface area (Å²) in [6.45, 7) is 2.20. The molecule has 1 aromatic heterocycles. The number of nitrogens with one attached hydrogen (secondary N) is 1. The summed E-state index contributed by atoms with van der Waals surface area (Å²) >= 11 is 5.56. The number of unbranched alkanes of at least 4 members (excludes halogenated alkanes) is 2. The lowest BCUT2D eigenvalue weighted by Crippen LogP contribution is -2.28. The van der Waals surface area contributed by atoms with Crippen molar-refractivity contribution in [2.45, 2.75) is 31.1 Å². The Bertz CT molecular complexity index is 444. The van der Waals surface area contributed by atoms with E-state index in [0.29, 0.717) is 18.1 Å². The summed E-state index contributed by atoms with van der Waals surface area (Å²) in [6.07, 6.45) is 4.02. The molecule has 0 aliphatic rings. The lowest BCUT2D eigenvalue weighted by molar-refractivity contribution is 0.454. The van der Waals surface area contributed by atoms with Gasteiger partial charge in [-0.25, -0.2) is 12.7 Å². The minimum absolute atomic E-state index is 0.248. The molecule has 98 valence electrons. The van der Waals surface area contributed by atoms with E-state index < -0.39 is 10.0 Å². The summed E-state index contributed by atoms with van der Waals surface area (Å²) in [5.41, 5.74) is 0.567. The van der Waals surface area contributed by atoms with Gasteiger partial charge in [0.2, 0.25) is 10.0 Å². The number of rotatable bonds is 7. The van der Waals surface area contributed by atoms with Gasteiger partial charge in [-0.15, -0.1) is 11.6 Å². The van der Waals surface area contributed by atoms with Gasteiger partial charge in [-0.2, -0.15) is 5.10 Å². The second kappa shape index (κ2) is 6.37. The van der Waals surface area contributed by atoms with Crippen molar-refractivity contribution in [2.75, 3.05) is 19.5 Å². The maximum atomic E-state index is 12.1. The lowest BCUT2D eigenvalue weighted by Gasteiger charge is -2.16. The third kappa shape index (κ3) is 3.69. The van der Waals surface area contributed by atoms with E-state index in [9.17, 15) is 8.42 Å². The van der Waals surface area contributed by atoms with Gasteiger partial charge < -0.3 is 0 Å². The molecule has 1 N–H and O–H groups in total. The van der Waals surface area contributed by atoms with E-state index in [1.165, 1.54) is 10.5 Å². The quantitative estimate of drug-likeness (QED) is 0.611. The first-order valence-electron chi connectivity index (χ1n) is 5.52. The molecule has 1 rings (SSSR count). The van der Waals surface area contributed by atoms with Crippen LogP contribution >= 0.6 is 11.6 Å². The molecule has 0 spiro atoms. The van der Waals surface area contributed by atoms with Crippen LogP contribution in [0, 0.1) is 6.92 Å². The van der Waals surface area contributed by atoms with Crippen LogP contribution in [0.1, 0.15) is 25.0 Å². The van der Waals surface area contributed by atoms with Crippen LogP contribution in [0.3, 0.4) is 0 Å². The predicted molar refractivity (Wildman–Crippen MR) is 67.7 cm³/mol. The van der Waals surface area contributed by atoms with Crippen LogP contribution in [0.4, 0.5) is 0 Å². The Morgan fingerprint density at radius 1 is 1.41 bits per heavy atom. The first kappa shape index (κ1) is 14.5. The molecule has 0 saturated heterocycles. The average Bonchev–Trinajstić information content (AvgIpc) is 2.71. The molecule has 0 amide bonds. The largest absolute Gasteiger partial charge is 0.281 e. The Labute approximate surface area is 107 Å². The molecule has 0 unspecified atom stereocenters. The fourth-order valence-corrected chi connectivity index (χ4v) is 3.01. The summed E-state index contributed by atoms with van der Waals surface area (Å²) in [5.74, 6) is 0.622. The average molecular weight is 280 g/mol. The smallest absolute Gasteiger partial charge is 0.246 e. The van der Waals surface area contributed by atoms with Gasteiger partial charge in [-0.3, -0.25) is 5.10 Å². The monoisotopic (exact) mass is 279 g/mol. The summed E-state index contributed by atoms with van der Waals surface area (Å²) in [4.78, 5) is 0.248. The number of alkyl halides is 1. The highest BCUT2D eigenvalue weighted by Crippen LogP contribution is 2.16. The number of halogens is 1. The number of hydrogen-bond acceptors (Lipinski definition) is 3. The van der Waals surface area contributed by atoms with E-state index in [4.69, 9.17) is 11.6 Å². The fourth-order valence-electron chi connectivity index (χ4n) is 1.49. The number of nitrogens with zero attached hydrogens (tertiary/aromatic N) is 2. The first-order chi connectivity index (χ1) is 8.00. The maximum absolute atomic E-state index is 12.1. The number of H-pyrrole nitrogens is 1. The van der Waals surface area contributed by atoms with Gasteiger partial charge in [-0.1, -0.05) is 6.42 Å². The Morgan fingerprint density at radius 3 is 2.65 bits per heavy atom. The third-order valence-electron chi connectivity index (χ3n) is 2.58. The summed E-state index contributed by atoms with van der Waals surface area (Å²) in [5, 5.41) is 6.36. The Kier molecular flexibility index (Phi) is 5.42. The van der Waals surface area contributed by atoms with Crippen molar-refractivity contribution in [2.24, 2.45) is 0 Å². The zero-order valence-corrected chi connectivity index (χ0v) is 11.7. The molecule has 1 heterocycles. The minimum Gasteiger partial charge on any atom is -0.281 e. The molecular weight excluding hydrogens is 262 g/mol. The molecule has 5 nitrogen and oxygen atoms in total. The van der Waals surface area contributed by atoms with E-state index in [0.717, 1.165) is 19.3 Å². The van der Waals surface area contributed by atoms with Crippen molar-refractivity contribution in [3.8, 4) is 0 Å². The highest BCUT2D eigenvalue weighted by Gasteiger charge is 2.23. The number of aryl methyl sites for hydroxylation is 1. The molecule has 0 fully saturated rings. The molecule has 0 aromatic carbocycles. The molecule has 0 bridgehead atoms. The van der Waals surface area contributed by atoms with Crippen LogP contribution in [0.2, 0.25) is 0 Å². The molecule has 7 heteroatoms. The van der Waals surface area contributed by atoms with Crippen molar-refractivity contribution in [1.82, 2.24) is 14.5 Å². The fraction of sp³-hybridized carbons (Fsp3) is 0.700. The first-order valence-corrected chi connectivity index (χ1v) is 7.50. The van der Waals surface area contributed by atoms with Gasteiger partial charge in [0.15, 0.2) is 0 Å². The van der Waals surface area contributed by atoms with Crippen molar-refractivity contribution < 1.29 is 8.42 Å². The number of sulfonamides is 1. The second-order valence-electron chi connectivity index (χ2n) is 3.94. The molecule has 17 heavy (non-hydrogen) atoms. The number of aromatic nitrogens is 2. The Hall–Kier alpha value is -0.590. The zero-order chi connectivity index (χ0) is 12.9. The molecule has 0 aliphatic heterocycles. The van der Waals surface area contributed by atoms with E-state index in [1.807, 2.05) is 0 Å². The van der Waals surface area contributed by atoms with Crippen LogP contribution < -0.4 is 0 Å². The van der Waals surface area contributed by atoms with Crippen LogP contribution in [0.5, 0.6) is 0 Å². The van der Waals surface area contributed by atoms with Gasteiger partial charge in [0.1, 0.15) is 4.90 Å². The topological polar surface area (TPSA) is 66.1 Å². The number of hydrogen-bond donors (Lipinski definition) is 1. The summed E-state index contributed by atoms with van der Waals surface area (Å²) < 4.78 is 25.6. The summed E-state index contributed by atoms with van der Waals surface area (Å²) in [6, 6.07) is 0. The highest BCUT2D eigenvalue weighted by molar-refractivity contribution is 7.89. The van der Waals surface area contributed by atoms with Crippen LogP contribution in [0.15, 0.2) is 11.1 Å². The van der Waals surface area contributed by atoms with Gasteiger partial charge in [0.25, 0.3) is 0 Å². The lowest BCUT2D eigenvalue weighted by atomic mass is 10.2. The van der Waals surface area contributed by atoms with Crippen LogP contribution in [-0.2, 0) is 10.0 Å². The summed E-state index contributed by atoms with van der Waals surface area (Å²) in [7, 11) is -1.82. The Morgan fingerprint density at radius 2 is 2.12 bits per heavy atom. The van der Waals surface area contributed by atoms with Gasteiger partial charge in [-0.05, 0) is 19.8 Å². The third-order valence-corrected chi connectivity index (χ3v) is 4.82. The molecule has 0 radical (unpaired) electrons. The molecule has 0 aliphatic carbocycles. The molecule has 0 saturated carbocycles. The molecule has 0 atom stereocenters. The van der Waals surface area contributed by atoms with Crippen LogP contribution in [-0.4, -0.2) is 42.4 Å². The van der Waals surface area contributed by atoms with Gasteiger partial charge in [0, 0.05) is 19.5 Å². The zero-order valence-electron chi connectivity index (χ0n) is 10.1. The van der Waals surface area contributed by atoms with E-state index in [1.54, 1.807) is 14.0 Å². The van der Waals surface area contributed by atoms with Crippen molar-refractivity contribution in [3.05, 3.63) is 11.9 Å².